The van der Waals surface area contributed by atoms with Gasteiger partial charge in [0.05, 0.1) is 15.9 Å². The molecule has 0 saturated carbocycles. The van der Waals surface area contributed by atoms with E-state index in [1.54, 1.807) is 0 Å². The number of hydrogen-bond acceptors (Lipinski definition) is 2. The molecule has 1 heterocycles. The first-order valence-corrected chi connectivity index (χ1v) is 6.90. The number of rotatable bonds is 4. The molecule has 1 N–H and O–H groups in total. The monoisotopic (exact) mass is 307 g/mol. The Hall–Kier alpha value is -1.13. The van der Waals surface area contributed by atoms with Crippen molar-refractivity contribution in [2.24, 2.45) is 0 Å². The topological polar surface area (TPSA) is 29.9 Å². The summed E-state index contributed by atoms with van der Waals surface area (Å²) < 4.78 is 2.94. The summed E-state index contributed by atoms with van der Waals surface area (Å²) in [6, 6.07) is 8.54. The first-order chi connectivity index (χ1) is 8.61. The Labute approximate surface area is 116 Å². The molecule has 1 aromatic heterocycles. The lowest BCUT2D eigenvalue weighted by molar-refractivity contribution is 0.755. The summed E-state index contributed by atoms with van der Waals surface area (Å²) in [4.78, 5) is 0. The van der Waals surface area contributed by atoms with Gasteiger partial charge in [0.1, 0.15) is 0 Å². The van der Waals surface area contributed by atoms with Gasteiger partial charge in [0.25, 0.3) is 0 Å². The van der Waals surface area contributed by atoms with Crippen LogP contribution >= 0.6 is 15.9 Å². The average Bonchev–Trinajstić information content (AvgIpc) is 2.72. The van der Waals surface area contributed by atoms with Crippen LogP contribution in [0.15, 0.2) is 34.9 Å². The molecule has 0 fully saturated rings. The van der Waals surface area contributed by atoms with E-state index >= 15 is 0 Å². The van der Waals surface area contributed by atoms with Crippen molar-refractivity contribution in [3.63, 3.8) is 0 Å². The number of hydrogen-bond donors (Lipinski definition) is 1. The largest absolute Gasteiger partial charge is 0.314 e. The minimum Gasteiger partial charge on any atom is -0.314 e. The number of nitrogens with one attached hydrogen (secondary N) is 1. The van der Waals surface area contributed by atoms with Gasteiger partial charge < -0.3 is 5.32 Å². The van der Waals surface area contributed by atoms with Gasteiger partial charge in [0.15, 0.2) is 0 Å². The van der Waals surface area contributed by atoms with Crippen molar-refractivity contribution < 1.29 is 0 Å². The zero-order chi connectivity index (χ0) is 13.1. The van der Waals surface area contributed by atoms with E-state index in [1.807, 2.05) is 17.9 Å². The van der Waals surface area contributed by atoms with E-state index < -0.39 is 0 Å². The van der Waals surface area contributed by atoms with E-state index in [0.717, 1.165) is 22.4 Å². The van der Waals surface area contributed by atoms with Crippen LogP contribution in [0.25, 0.3) is 5.69 Å². The molecule has 0 atom stereocenters. The molecule has 2 aromatic rings. The normalized spacial score (nSPS) is 11.2. The summed E-state index contributed by atoms with van der Waals surface area (Å²) in [6.07, 6.45) is 2.00. The third-order valence-electron chi connectivity index (χ3n) is 2.91. The second-order valence-electron chi connectivity index (χ2n) is 4.64. The number of nitrogens with zero attached hydrogens (tertiary/aromatic N) is 2. The van der Waals surface area contributed by atoms with Crippen LogP contribution in [0.5, 0.6) is 0 Å². The maximum atomic E-state index is 4.55. The van der Waals surface area contributed by atoms with Gasteiger partial charge in [0.2, 0.25) is 0 Å². The second-order valence-corrected chi connectivity index (χ2v) is 5.50. The van der Waals surface area contributed by atoms with Crippen LogP contribution in [-0.2, 0) is 6.54 Å². The average molecular weight is 308 g/mol. The lowest BCUT2D eigenvalue weighted by Gasteiger charge is -2.06. The third-order valence-corrected chi connectivity index (χ3v) is 3.57. The van der Waals surface area contributed by atoms with E-state index in [9.17, 15) is 0 Å². The molecule has 0 radical (unpaired) electrons. The summed E-state index contributed by atoms with van der Waals surface area (Å²) in [5.74, 6) is 0.559. The minimum absolute atomic E-state index is 0.559. The fourth-order valence-electron chi connectivity index (χ4n) is 1.82. The summed E-state index contributed by atoms with van der Waals surface area (Å²) in [7, 11) is 1.92. The Morgan fingerprint density at radius 3 is 2.50 bits per heavy atom. The molecule has 0 bridgehead atoms. The highest BCUT2D eigenvalue weighted by Gasteiger charge is 2.07. The molecule has 96 valence electrons. The Bertz CT molecular complexity index is 514. The van der Waals surface area contributed by atoms with Gasteiger partial charge in [-0.1, -0.05) is 26.0 Å². The van der Waals surface area contributed by atoms with Crippen molar-refractivity contribution in [3.05, 3.63) is 46.2 Å². The van der Waals surface area contributed by atoms with Crippen LogP contribution in [0.1, 0.15) is 31.0 Å². The first-order valence-electron chi connectivity index (χ1n) is 6.10. The zero-order valence-electron chi connectivity index (χ0n) is 10.9. The molecule has 3 nitrogen and oxygen atoms in total. The maximum absolute atomic E-state index is 4.55. The highest BCUT2D eigenvalue weighted by molar-refractivity contribution is 9.10. The number of benzene rings is 1. The predicted molar refractivity (Wildman–Crippen MR) is 78.1 cm³/mol. The molecule has 4 heteroatoms. The fourth-order valence-corrected chi connectivity index (χ4v) is 2.23. The van der Waals surface area contributed by atoms with Crippen LogP contribution in [0, 0.1) is 0 Å². The second kappa shape index (κ2) is 5.67. The predicted octanol–water partition coefficient (Wildman–Crippen LogP) is 3.48. The molecule has 0 unspecified atom stereocenters. The van der Waals surface area contributed by atoms with Gasteiger partial charge in [-0.15, -0.1) is 0 Å². The van der Waals surface area contributed by atoms with Crippen molar-refractivity contribution in [3.8, 4) is 5.69 Å². The van der Waals surface area contributed by atoms with Crippen molar-refractivity contribution in [1.82, 2.24) is 15.1 Å². The van der Waals surface area contributed by atoms with Crippen LogP contribution in [0.2, 0.25) is 0 Å². The van der Waals surface area contributed by atoms with E-state index in [2.05, 4.69) is 64.5 Å². The Morgan fingerprint density at radius 1 is 1.28 bits per heavy atom. The smallest absolute Gasteiger partial charge is 0.0908 e. The van der Waals surface area contributed by atoms with Gasteiger partial charge in [0, 0.05) is 12.7 Å². The lowest BCUT2D eigenvalue weighted by atomic mass is 10.0. The van der Waals surface area contributed by atoms with Gasteiger partial charge in [-0.05, 0) is 46.6 Å². The van der Waals surface area contributed by atoms with Crippen LogP contribution in [0.3, 0.4) is 0 Å². The summed E-state index contributed by atoms with van der Waals surface area (Å²) in [5.41, 5.74) is 3.45. The highest BCUT2D eigenvalue weighted by Crippen LogP contribution is 2.20. The lowest BCUT2D eigenvalue weighted by Crippen LogP contribution is -2.07. The minimum atomic E-state index is 0.559. The molecule has 2 rings (SSSR count). The maximum Gasteiger partial charge on any atom is 0.0908 e. The third kappa shape index (κ3) is 2.82. The molecular formula is C14H18BrN3. The SMILES string of the molecule is CNCc1nn(-c2ccc(C(C)C)cc2)cc1Br. The van der Waals surface area contributed by atoms with E-state index in [0.29, 0.717) is 5.92 Å². The summed E-state index contributed by atoms with van der Waals surface area (Å²) >= 11 is 3.53. The molecule has 18 heavy (non-hydrogen) atoms. The molecule has 1 aromatic carbocycles. The zero-order valence-corrected chi connectivity index (χ0v) is 12.5. The molecule has 0 saturated heterocycles. The van der Waals surface area contributed by atoms with Crippen molar-refractivity contribution >= 4 is 15.9 Å². The van der Waals surface area contributed by atoms with E-state index in [4.69, 9.17) is 0 Å². The van der Waals surface area contributed by atoms with Crippen molar-refractivity contribution in [2.75, 3.05) is 7.05 Å². The molecule has 0 spiro atoms. The van der Waals surface area contributed by atoms with Gasteiger partial charge in [-0.3, -0.25) is 0 Å². The standard InChI is InChI=1S/C14H18BrN3/c1-10(2)11-4-6-12(7-5-11)18-9-13(15)14(17-18)8-16-3/h4-7,9-10,16H,8H2,1-3H3. The molecular weight excluding hydrogens is 290 g/mol. The van der Waals surface area contributed by atoms with Crippen molar-refractivity contribution in [1.29, 1.82) is 0 Å². The Morgan fingerprint density at radius 2 is 1.94 bits per heavy atom. The molecule has 0 amide bonds. The Kier molecular flexibility index (Phi) is 4.19. The van der Waals surface area contributed by atoms with Crippen LogP contribution < -0.4 is 5.32 Å². The summed E-state index contributed by atoms with van der Waals surface area (Å²) in [6.45, 7) is 5.16. The quantitative estimate of drug-likeness (QED) is 0.937. The fraction of sp³-hybridized carbons (Fsp3) is 0.357. The number of aromatic nitrogens is 2. The van der Waals surface area contributed by atoms with Crippen molar-refractivity contribution in [2.45, 2.75) is 26.3 Å². The summed E-state index contributed by atoms with van der Waals surface area (Å²) in [5, 5.41) is 7.66. The first kappa shape index (κ1) is 13.3. The van der Waals surface area contributed by atoms with Crippen LogP contribution in [0.4, 0.5) is 0 Å². The van der Waals surface area contributed by atoms with E-state index in [1.165, 1.54) is 5.56 Å². The van der Waals surface area contributed by atoms with Gasteiger partial charge in [-0.25, -0.2) is 4.68 Å². The van der Waals surface area contributed by atoms with Gasteiger partial charge in [-0.2, -0.15) is 5.10 Å². The molecule has 0 aliphatic carbocycles. The highest BCUT2D eigenvalue weighted by atomic mass is 79.9. The molecule has 0 aliphatic rings. The van der Waals surface area contributed by atoms with Gasteiger partial charge >= 0.3 is 0 Å². The van der Waals surface area contributed by atoms with Crippen LogP contribution in [-0.4, -0.2) is 16.8 Å². The number of halogens is 1. The molecule has 0 aliphatic heterocycles. The Balaban J connectivity index is 2.28. The van der Waals surface area contributed by atoms with E-state index in [-0.39, 0.29) is 0 Å².